The van der Waals surface area contributed by atoms with Crippen molar-refractivity contribution in [3.63, 3.8) is 0 Å². The van der Waals surface area contributed by atoms with Crippen LogP contribution in [0.25, 0.3) is 0 Å². The van der Waals surface area contributed by atoms with Crippen molar-refractivity contribution in [1.29, 1.82) is 0 Å². The molecule has 0 heterocycles. The second kappa shape index (κ2) is 4.06. The SMILES string of the molecule is NOCc1ccc(CO)c(O)c1. The highest BCUT2D eigenvalue weighted by molar-refractivity contribution is 5.35. The molecule has 0 radical (unpaired) electrons. The van der Waals surface area contributed by atoms with Crippen LogP contribution in [0, 0.1) is 0 Å². The molecule has 1 aromatic carbocycles. The second-order valence-electron chi connectivity index (χ2n) is 2.43. The molecule has 0 saturated carbocycles. The number of phenols is 1. The molecule has 0 atom stereocenters. The van der Waals surface area contributed by atoms with E-state index < -0.39 is 0 Å². The molecule has 4 N–H and O–H groups in total. The molecule has 0 spiro atoms. The molecule has 0 aliphatic carbocycles. The molecule has 1 aromatic rings. The van der Waals surface area contributed by atoms with E-state index in [9.17, 15) is 5.11 Å². The number of benzene rings is 1. The molecule has 66 valence electrons. The standard InChI is InChI=1S/C8H11NO3/c9-12-5-6-1-2-7(4-10)8(11)3-6/h1-3,10-11H,4-5,9H2. The van der Waals surface area contributed by atoms with Gasteiger partial charge < -0.3 is 10.2 Å². The molecule has 4 nitrogen and oxygen atoms in total. The summed E-state index contributed by atoms with van der Waals surface area (Å²) >= 11 is 0. The predicted molar refractivity (Wildman–Crippen MR) is 43.0 cm³/mol. The third kappa shape index (κ3) is 1.94. The van der Waals surface area contributed by atoms with E-state index in [1.165, 1.54) is 6.07 Å². The first-order valence-electron chi connectivity index (χ1n) is 3.51. The predicted octanol–water partition coefficient (Wildman–Crippen LogP) is 0.275. The molecule has 0 fully saturated rings. The Bertz CT molecular complexity index is 262. The zero-order valence-electron chi connectivity index (χ0n) is 6.53. The van der Waals surface area contributed by atoms with Crippen LogP contribution in [-0.2, 0) is 18.1 Å². The van der Waals surface area contributed by atoms with Gasteiger partial charge in [0, 0.05) is 5.56 Å². The van der Waals surface area contributed by atoms with E-state index in [0.29, 0.717) is 5.56 Å². The number of aliphatic hydroxyl groups is 1. The number of aliphatic hydroxyl groups excluding tert-OH is 1. The van der Waals surface area contributed by atoms with Gasteiger partial charge in [0.1, 0.15) is 5.75 Å². The van der Waals surface area contributed by atoms with Crippen LogP contribution in [0.1, 0.15) is 11.1 Å². The van der Waals surface area contributed by atoms with E-state index in [4.69, 9.17) is 11.0 Å². The Morgan fingerprint density at radius 1 is 1.42 bits per heavy atom. The summed E-state index contributed by atoms with van der Waals surface area (Å²) in [6, 6.07) is 4.88. The fourth-order valence-electron chi connectivity index (χ4n) is 0.929. The van der Waals surface area contributed by atoms with E-state index in [1.54, 1.807) is 12.1 Å². The van der Waals surface area contributed by atoms with Gasteiger partial charge in [-0.3, -0.25) is 4.84 Å². The maximum atomic E-state index is 9.26. The minimum Gasteiger partial charge on any atom is -0.508 e. The Labute approximate surface area is 70.2 Å². The van der Waals surface area contributed by atoms with Crippen molar-refractivity contribution in [1.82, 2.24) is 0 Å². The monoisotopic (exact) mass is 169 g/mol. The van der Waals surface area contributed by atoms with Crippen LogP contribution in [0.5, 0.6) is 5.75 Å². The van der Waals surface area contributed by atoms with Gasteiger partial charge in [0.05, 0.1) is 13.2 Å². The summed E-state index contributed by atoms with van der Waals surface area (Å²) in [5.74, 6) is 4.91. The Kier molecular flexibility index (Phi) is 3.04. The van der Waals surface area contributed by atoms with Crippen LogP contribution in [-0.4, -0.2) is 10.2 Å². The molecule has 0 aromatic heterocycles. The summed E-state index contributed by atoms with van der Waals surface area (Å²) in [6.07, 6.45) is 0. The molecular weight excluding hydrogens is 158 g/mol. The fourth-order valence-corrected chi connectivity index (χ4v) is 0.929. The van der Waals surface area contributed by atoms with Gasteiger partial charge in [-0.25, -0.2) is 5.90 Å². The molecular formula is C8H11NO3. The van der Waals surface area contributed by atoms with E-state index >= 15 is 0 Å². The summed E-state index contributed by atoms with van der Waals surface area (Å²) in [5, 5.41) is 18.0. The molecule has 0 aliphatic heterocycles. The molecule has 0 unspecified atom stereocenters. The van der Waals surface area contributed by atoms with Crippen LogP contribution < -0.4 is 5.90 Å². The maximum absolute atomic E-state index is 9.26. The van der Waals surface area contributed by atoms with Crippen molar-refractivity contribution in [2.75, 3.05) is 0 Å². The highest BCUT2D eigenvalue weighted by atomic mass is 16.6. The molecule has 0 saturated heterocycles. The summed E-state index contributed by atoms with van der Waals surface area (Å²) in [5.41, 5.74) is 1.27. The van der Waals surface area contributed by atoms with Crippen molar-refractivity contribution < 1.29 is 15.1 Å². The van der Waals surface area contributed by atoms with Crippen LogP contribution >= 0.6 is 0 Å². The van der Waals surface area contributed by atoms with Crippen LogP contribution in [0.4, 0.5) is 0 Å². The highest BCUT2D eigenvalue weighted by Gasteiger charge is 2.00. The number of aromatic hydroxyl groups is 1. The van der Waals surface area contributed by atoms with Crippen molar-refractivity contribution in [2.45, 2.75) is 13.2 Å². The van der Waals surface area contributed by atoms with Gasteiger partial charge in [0.15, 0.2) is 0 Å². The largest absolute Gasteiger partial charge is 0.508 e. The van der Waals surface area contributed by atoms with Crippen LogP contribution in [0.2, 0.25) is 0 Å². The minimum atomic E-state index is -0.171. The first-order valence-corrected chi connectivity index (χ1v) is 3.51. The lowest BCUT2D eigenvalue weighted by Crippen LogP contribution is -1.99. The lowest BCUT2D eigenvalue weighted by molar-refractivity contribution is 0.124. The topological polar surface area (TPSA) is 75.7 Å². The average molecular weight is 169 g/mol. The van der Waals surface area contributed by atoms with Gasteiger partial charge in [-0.15, -0.1) is 0 Å². The number of hydrogen-bond donors (Lipinski definition) is 3. The zero-order valence-corrected chi connectivity index (χ0v) is 6.53. The Morgan fingerprint density at radius 3 is 2.67 bits per heavy atom. The summed E-state index contributed by atoms with van der Waals surface area (Å²) in [4.78, 5) is 4.38. The summed E-state index contributed by atoms with van der Waals surface area (Å²) < 4.78 is 0. The number of nitrogens with two attached hydrogens (primary N) is 1. The molecule has 12 heavy (non-hydrogen) atoms. The molecule has 0 amide bonds. The molecule has 0 aliphatic rings. The highest BCUT2D eigenvalue weighted by Crippen LogP contribution is 2.18. The van der Waals surface area contributed by atoms with E-state index in [-0.39, 0.29) is 19.0 Å². The Hall–Kier alpha value is -1.10. The van der Waals surface area contributed by atoms with E-state index in [0.717, 1.165) is 5.56 Å². The van der Waals surface area contributed by atoms with Gasteiger partial charge in [-0.05, 0) is 11.6 Å². The van der Waals surface area contributed by atoms with Crippen LogP contribution in [0.15, 0.2) is 18.2 Å². The third-order valence-corrected chi connectivity index (χ3v) is 1.57. The van der Waals surface area contributed by atoms with Crippen molar-refractivity contribution in [2.24, 2.45) is 5.90 Å². The minimum absolute atomic E-state index is 0.0621. The first-order chi connectivity index (χ1) is 5.77. The number of hydrogen-bond acceptors (Lipinski definition) is 4. The zero-order chi connectivity index (χ0) is 8.97. The van der Waals surface area contributed by atoms with Crippen molar-refractivity contribution in [3.05, 3.63) is 29.3 Å². The van der Waals surface area contributed by atoms with Gasteiger partial charge in [-0.1, -0.05) is 12.1 Å². The lowest BCUT2D eigenvalue weighted by Gasteiger charge is -2.03. The van der Waals surface area contributed by atoms with Gasteiger partial charge >= 0.3 is 0 Å². The van der Waals surface area contributed by atoms with Gasteiger partial charge in [-0.2, -0.15) is 0 Å². The van der Waals surface area contributed by atoms with Crippen LogP contribution in [0.3, 0.4) is 0 Å². The normalized spacial score (nSPS) is 10.2. The lowest BCUT2D eigenvalue weighted by atomic mass is 10.1. The fraction of sp³-hybridized carbons (Fsp3) is 0.250. The van der Waals surface area contributed by atoms with Gasteiger partial charge in [0.25, 0.3) is 0 Å². The Morgan fingerprint density at radius 2 is 2.17 bits per heavy atom. The van der Waals surface area contributed by atoms with Gasteiger partial charge in [0.2, 0.25) is 0 Å². The molecule has 4 heteroatoms. The maximum Gasteiger partial charge on any atom is 0.121 e. The van der Waals surface area contributed by atoms with E-state index in [2.05, 4.69) is 4.84 Å². The average Bonchev–Trinajstić information content (AvgIpc) is 2.05. The summed E-state index contributed by atoms with van der Waals surface area (Å²) in [7, 11) is 0. The first kappa shape index (κ1) is 8.99. The number of rotatable bonds is 3. The van der Waals surface area contributed by atoms with Crippen molar-refractivity contribution >= 4 is 0 Å². The molecule has 1 rings (SSSR count). The second-order valence-corrected chi connectivity index (χ2v) is 2.43. The smallest absolute Gasteiger partial charge is 0.121 e. The Balaban J connectivity index is 2.86. The summed E-state index contributed by atoms with van der Waals surface area (Å²) in [6.45, 7) is 0.0782. The van der Waals surface area contributed by atoms with Crippen molar-refractivity contribution in [3.8, 4) is 5.75 Å². The quantitative estimate of drug-likeness (QED) is 0.568. The van der Waals surface area contributed by atoms with E-state index in [1.807, 2.05) is 0 Å². The molecule has 0 bridgehead atoms. The third-order valence-electron chi connectivity index (χ3n) is 1.57.